The third-order valence-corrected chi connectivity index (χ3v) is 4.65. The fourth-order valence-corrected chi connectivity index (χ4v) is 3.10. The second-order valence-electron chi connectivity index (χ2n) is 6.35. The van der Waals surface area contributed by atoms with Crippen LogP contribution in [0.25, 0.3) is 0 Å². The highest BCUT2D eigenvalue weighted by molar-refractivity contribution is 5.82. The smallest absolute Gasteiger partial charge is 0.341 e. The van der Waals surface area contributed by atoms with Crippen molar-refractivity contribution in [2.45, 2.75) is 45.3 Å². The lowest BCUT2D eigenvalue weighted by Gasteiger charge is -2.32. The number of halogens is 3. The standard InChI is InChI=1S/C14H23F3N2O/c1-9(2)10-5-6-19(8-10)13(20)12-4-3-11(7-18-12)14(15,16)17/h9-12,18H,3-8H2,1-2H3. The van der Waals surface area contributed by atoms with E-state index in [-0.39, 0.29) is 25.3 Å². The van der Waals surface area contributed by atoms with Crippen molar-refractivity contribution in [1.29, 1.82) is 0 Å². The van der Waals surface area contributed by atoms with Crippen molar-refractivity contribution in [2.75, 3.05) is 19.6 Å². The van der Waals surface area contributed by atoms with Crippen LogP contribution in [0.3, 0.4) is 0 Å². The van der Waals surface area contributed by atoms with E-state index in [1.165, 1.54) is 0 Å². The van der Waals surface area contributed by atoms with Crippen LogP contribution in [-0.4, -0.2) is 42.7 Å². The number of amides is 1. The highest BCUT2D eigenvalue weighted by atomic mass is 19.4. The monoisotopic (exact) mass is 292 g/mol. The molecule has 0 spiro atoms. The molecule has 2 rings (SSSR count). The SMILES string of the molecule is CC(C)C1CCN(C(=O)C2CCC(C(F)(F)F)CN2)C1. The highest BCUT2D eigenvalue weighted by Gasteiger charge is 2.43. The lowest BCUT2D eigenvalue weighted by atomic mass is 9.93. The summed E-state index contributed by atoms with van der Waals surface area (Å²) in [4.78, 5) is 14.1. The van der Waals surface area contributed by atoms with Crippen molar-refractivity contribution >= 4 is 5.91 Å². The quantitative estimate of drug-likeness (QED) is 0.848. The molecule has 2 aliphatic heterocycles. The molecule has 0 aliphatic carbocycles. The van der Waals surface area contributed by atoms with Gasteiger partial charge in [0.25, 0.3) is 0 Å². The van der Waals surface area contributed by atoms with E-state index in [9.17, 15) is 18.0 Å². The summed E-state index contributed by atoms with van der Waals surface area (Å²) in [6, 6.07) is -0.431. The molecular formula is C14H23F3N2O. The average molecular weight is 292 g/mol. The number of carbonyl (C=O) groups excluding carboxylic acids is 1. The van der Waals surface area contributed by atoms with Crippen LogP contribution in [0.1, 0.15) is 33.1 Å². The zero-order valence-electron chi connectivity index (χ0n) is 12.0. The minimum Gasteiger partial charge on any atom is -0.341 e. The van der Waals surface area contributed by atoms with E-state index in [2.05, 4.69) is 19.2 Å². The zero-order valence-corrected chi connectivity index (χ0v) is 12.0. The molecule has 2 heterocycles. The van der Waals surface area contributed by atoms with E-state index < -0.39 is 18.1 Å². The summed E-state index contributed by atoms with van der Waals surface area (Å²) < 4.78 is 37.7. The van der Waals surface area contributed by atoms with Gasteiger partial charge in [-0.15, -0.1) is 0 Å². The highest BCUT2D eigenvalue weighted by Crippen LogP contribution is 2.32. The summed E-state index contributed by atoms with van der Waals surface area (Å²) in [6.45, 7) is 5.64. The van der Waals surface area contributed by atoms with E-state index in [0.717, 1.165) is 19.5 Å². The molecular weight excluding hydrogens is 269 g/mol. The van der Waals surface area contributed by atoms with Crippen LogP contribution in [0.2, 0.25) is 0 Å². The Balaban J connectivity index is 1.84. The molecule has 2 aliphatic rings. The number of nitrogens with one attached hydrogen (secondary N) is 1. The van der Waals surface area contributed by atoms with Gasteiger partial charge >= 0.3 is 6.18 Å². The minimum atomic E-state index is -4.16. The molecule has 1 amide bonds. The van der Waals surface area contributed by atoms with Gasteiger partial charge in [-0.25, -0.2) is 0 Å². The summed E-state index contributed by atoms with van der Waals surface area (Å²) in [7, 11) is 0. The van der Waals surface area contributed by atoms with Crippen LogP contribution < -0.4 is 5.32 Å². The van der Waals surface area contributed by atoms with Crippen molar-refractivity contribution in [3.8, 4) is 0 Å². The predicted octanol–water partition coefficient (Wildman–Crippen LogP) is 2.42. The van der Waals surface area contributed by atoms with Gasteiger partial charge in [-0.3, -0.25) is 4.79 Å². The molecule has 2 saturated heterocycles. The van der Waals surface area contributed by atoms with Crippen molar-refractivity contribution in [3.63, 3.8) is 0 Å². The van der Waals surface area contributed by atoms with Crippen molar-refractivity contribution < 1.29 is 18.0 Å². The van der Waals surface area contributed by atoms with Gasteiger partial charge in [0.15, 0.2) is 0 Å². The maximum Gasteiger partial charge on any atom is 0.393 e. The van der Waals surface area contributed by atoms with E-state index in [4.69, 9.17) is 0 Å². The molecule has 3 atom stereocenters. The number of hydrogen-bond donors (Lipinski definition) is 1. The fraction of sp³-hybridized carbons (Fsp3) is 0.929. The largest absolute Gasteiger partial charge is 0.393 e. The molecule has 0 aromatic heterocycles. The van der Waals surface area contributed by atoms with Gasteiger partial charge in [-0.1, -0.05) is 13.8 Å². The van der Waals surface area contributed by atoms with Crippen LogP contribution >= 0.6 is 0 Å². The molecule has 3 nitrogen and oxygen atoms in total. The first kappa shape index (κ1) is 15.6. The average Bonchev–Trinajstić information content (AvgIpc) is 2.86. The second-order valence-corrected chi connectivity index (χ2v) is 6.35. The van der Waals surface area contributed by atoms with Gasteiger partial charge in [0.2, 0.25) is 5.91 Å². The number of piperidine rings is 1. The summed E-state index contributed by atoms with van der Waals surface area (Å²) in [5, 5.41) is 2.79. The van der Waals surface area contributed by atoms with Gasteiger partial charge < -0.3 is 10.2 Å². The lowest BCUT2D eigenvalue weighted by Crippen LogP contribution is -2.52. The molecule has 0 radical (unpaired) electrons. The number of alkyl halides is 3. The van der Waals surface area contributed by atoms with Crippen molar-refractivity contribution in [1.82, 2.24) is 10.2 Å². The molecule has 0 aromatic rings. The predicted molar refractivity (Wildman–Crippen MR) is 70.1 cm³/mol. The lowest BCUT2D eigenvalue weighted by molar-refractivity contribution is -0.180. The van der Waals surface area contributed by atoms with Crippen LogP contribution in [0.15, 0.2) is 0 Å². The first-order chi connectivity index (χ1) is 9.29. The Kier molecular flexibility index (Phi) is 4.62. The van der Waals surface area contributed by atoms with E-state index >= 15 is 0 Å². The number of rotatable bonds is 2. The Morgan fingerprint density at radius 2 is 1.95 bits per heavy atom. The van der Waals surface area contributed by atoms with Crippen LogP contribution in [0, 0.1) is 17.8 Å². The van der Waals surface area contributed by atoms with Crippen LogP contribution in [-0.2, 0) is 4.79 Å². The topological polar surface area (TPSA) is 32.3 Å². The van der Waals surface area contributed by atoms with Gasteiger partial charge in [-0.2, -0.15) is 13.2 Å². The number of carbonyl (C=O) groups is 1. The molecule has 2 fully saturated rings. The zero-order chi connectivity index (χ0) is 14.9. The molecule has 1 N–H and O–H groups in total. The van der Waals surface area contributed by atoms with E-state index in [1.54, 1.807) is 0 Å². The number of hydrogen-bond acceptors (Lipinski definition) is 2. The van der Waals surface area contributed by atoms with E-state index in [1.807, 2.05) is 4.90 Å². The Morgan fingerprint density at radius 1 is 1.25 bits per heavy atom. The third-order valence-electron chi connectivity index (χ3n) is 4.65. The second kappa shape index (κ2) is 5.92. The molecule has 0 saturated carbocycles. The maximum atomic E-state index is 12.6. The number of nitrogens with zero attached hydrogens (tertiary/aromatic N) is 1. The third kappa shape index (κ3) is 3.45. The summed E-state index contributed by atoms with van der Waals surface area (Å²) in [6.07, 6.45) is -2.82. The number of likely N-dealkylation sites (tertiary alicyclic amines) is 1. The van der Waals surface area contributed by atoms with Crippen molar-refractivity contribution in [3.05, 3.63) is 0 Å². The summed E-state index contributed by atoms with van der Waals surface area (Å²) in [5.74, 6) is -0.269. The molecule has 6 heteroatoms. The summed E-state index contributed by atoms with van der Waals surface area (Å²) in [5.41, 5.74) is 0. The van der Waals surface area contributed by atoms with E-state index in [0.29, 0.717) is 11.8 Å². The first-order valence-electron chi connectivity index (χ1n) is 7.38. The fourth-order valence-electron chi connectivity index (χ4n) is 3.10. The summed E-state index contributed by atoms with van der Waals surface area (Å²) >= 11 is 0. The van der Waals surface area contributed by atoms with Gasteiger partial charge in [0, 0.05) is 19.6 Å². The van der Waals surface area contributed by atoms with Gasteiger partial charge in [0.1, 0.15) is 0 Å². The first-order valence-corrected chi connectivity index (χ1v) is 7.38. The minimum absolute atomic E-state index is 0.0197. The molecule has 20 heavy (non-hydrogen) atoms. The Bertz CT molecular complexity index is 349. The Hall–Kier alpha value is -0.780. The Morgan fingerprint density at radius 3 is 2.40 bits per heavy atom. The maximum absolute atomic E-state index is 12.6. The van der Waals surface area contributed by atoms with Gasteiger partial charge in [0.05, 0.1) is 12.0 Å². The Labute approximate surface area is 117 Å². The van der Waals surface area contributed by atoms with Crippen LogP contribution in [0.4, 0.5) is 13.2 Å². The molecule has 116 valence electrons. The van der Waals surface area contributed by atoms with Crippen molar-refractivity contribution in [2.24, 2.45) is 17.8 Å². The van der Waals surface area contributed by atoms with Gasteiger partial charge in [-0.05, 0) is 31.1 Å². The molecule has 3 unspecified atom stereocenters. The normalized spacial score (nSPS) is 31.9. The molecule has 0 bridgehead atoms. The molecule has 0 aromatic carbocycles. The van der Waals surface area contributed by atoms with Crippen LogP contribution in [0.5, 0.6) is 0 Å².